The average molecular weight is 294 g/mol. The number of nitriles is 1. The summed E-state index contributed by atoms with van der Waals surface area (Å²) in [5.41, 5.74) is -0.333. The van der Waals surface area contributed by atoms with Crippen molar-refractivity contribution in [1.82, 2.24) is 5.32 Å². The van der Waals surface area contributed by atoms with Crippen molar-refractivity contribution in [1.29, 1.82) is 5.26 Å². The number of unbranched alkanes of at least 4 members (excludes halogenated alkanes) is 6. The van der Waals surface area contributed by atoms with E-state index in [0.29, 0.717) is 6.04 Å². The molecule has 0 bridgehead atoms. The van der Waals surface area contributed by atoms with Gasteiger partial charge in [0.05, 0.1) is 6.07 Å². The van der Waals surface area contributed by atoms with Crippen LogP contribution in [0.4, 0.5) is 0 Å². The maximum Gasteiger partial charge on any atom is 0.104 e. The second-order valence-corrected chi connectivity index (χ2v) is 6.70. The Labute approximate surface area is 131 Å². The first-order valence-corrected chi connectivity index (χ1v) is 8.97. The van der Waals surface area contributed by atoms with Crippen molar-refractivity contribution in [2.75, 3.05) is 13.2 Å². The van der Waals surface area contributed by atoms with Crippen LogP contribution in [0.3, 0.4) is 0 Å². The van der Waals surface area contributed by atoms with E-state index in [2.05, 4.69) is 18.3 Å². The van der Waals surface area contributed by atoms with E-state index in [0.717, 1.165) is 32.5 Å². The van der Waals surface area contributed by atoms with Gasteiger partial charge in [0.1, 0.15) is 5.54 Å². The van der Waals surface area contributed by atoms with Crippen molar-refractivity contribution >= 4 is 0 Å². The minimum absolute atomic E-state index is 0.333. The highest BCUT2D eigenvalue weighted by Crippen LogP contribution is 2.24. The van der Waals surface area contributed by atoms with Crippen molar-refractivity contribution in [3.63, 3.8) is 0 Å². The molecule has 122 valence electrons. The van der Waals surface area contributed by atoms with E-state index < -0.39 is 0 Å². The Morgan fingerprint density at radius 3 is 2.29 bits per heavy atom. The monoisotopic (exact) mass is 294 g/mol. The summed E-state index contributed by atoms with van der Waals surface area (Å²) in [4.78, 5) is 0. The van der Waals surface area contributed by atoms with E-state index in [-0.39, 0.29) is 5.54 Å². The zero-order valence-electron chi connectivity index (χ0n) is 14.1. The number of nitrogens with one attached hydrogen (secondary N) is 1. The molecule has 1 N–H and O–H groups in total. The van der Waals surface area contributed by atoms with Crippen LogP contribution in [0.25, 0.3) is 0 Å². The zero-order chi connectivity index (χ0) is 15.4. The summed E-state index contributed by atoms with van der Waals surface area (Å²) < 4.78 is 5.68. The largest absolute Gasteiger partial charge is 0.381 e. The molecule has 1 fully saturated rings. The molecule has 1 aliphatic carbocycles. The van der Waals surface area contributed by atoms with Gasteiger partial charge in [-0.1, -0.05) is 39.0 Å². The molecule has 0 aliphatic heterocycles. The van der Waals surface area contributed by atoms with Gasteiger partial charge in [-0.15, -0.1) is 0 Å². The molecule has 0 aromatic rings. The fourth-order valence-corrected chi connectivity index (χ4v) is 2.61. The Morgan fingerprint density at radius 1 is 1.05 bits per heavy atom. The van der Waals surface area contributed by atoms with Gasteiger partial charge in [0.2, 0.25) is 0 Å². The first-order chi connectivity index (χ1) is 10.2. The molecule has 1 atom stereocenters. The van der Waals surface area contributed by atoms with Crippen molar-refractivity contribution in [3.8, 4) is 6.07 Å². The molecule has 3 nitrogen and oxygen atoms in total. The molecule has 1 aliphatic rings. The minimum atomic E-state index is -0.333. The summed E-state index contributed by atoms with van der Waals surface area (Å²) in [6, 6.07) is 3.03. The molecular weight excluding hydrogens is 260 g/mol. The maximum absolute atomic E-state index is 9.28. The predicted molar refractivity (Wildman–Crippen MR) is 88.2 cm³/mol. The number of ether oxygens (including phenoxy) is 1. The van der Waals surface area contributed by atoms with Crippen LogP contribution < -0.4 is 5.32 Å². The normalized spacial score (nSPS) is 17.4. The lowest BCUT2D eigenvalue weighted by atomic mass is 9.96. The van der Waals surface area contributed by atoms with Gasteiger partial charge in [0.25, 0.3) is 0 Å². The van der Waals surface area contributed by atoms with Gasteiger partial charge in [-0.3, -0.25) is 5.32 Å². The highest BCUT2D eigenvalue weighted by atomic mass is 16.5. The number of rotatable bonds is 14. The fraction of sp³-hybridized carbons (Fsp3) is 0.944. The summed E-state index contributed by atoms with van der Waals surface area (Å²) in [5, 5.41) is 12.7. The van der Waals surface area contributed by atoms with Crippen LogP contribution >= 0.6 is 0 Å². The van der Waals surface area contributed by atoms with Gasteiger partial charge in [0, 0.05) is 19.3 Å². The van der Waals surface area contributed by atoms with Crippen LogP contribution in [-0.2, 0) is 4.74 Å². The lowest BCUT2D eigenvalue weighted by Gasteiger charge is -2.23. The van der Waals surface area contributed by atoms with Gasteiger partial charge >= 0.3 is 0 Å². The lowest BCUT2D eigenvalue weighted by molar-refractivity contribution is 0.124. The van der Waals surface area contributed by atoms with Gasteiger partial charge in [-0.05, 0) is 45.4 Å². The van der Waals surface area contributed by atoms with E-state index in [4.69, 9.17) is 4.74 Å². The SMILES string of the molecule is CCCCCCCCOCCCCC(C)(C#N)NC1CC1. The Morgan fingerprint density at radius 2 is 1.67 bits per heavy atom. The third-order valence-electron chi connectivity index (χ3n) is 4.20. The van der Waals surface area contributed by atoms with Crippen LogP contribution in [0.15, 0.2) is 0 Å². The van der Waals surface area contributed by atoms with E-state index in [9.17, 15) is 5.26 Å². The highest BCUT2D eigenvalue weighted by molar-refractivity contribution is 5.06. The van der Waals surface area contributed by atoms with Crippen LogP contribution in [-0.4, -0.2) is 24.8 Å². The van der Waals surface area contributed by atoms with Gasteiger partial charge in [-0.2, -0.15) is 5.26 Å². The molecule has 0 radical (unpaired) electrons. The first-order valence-electron chi connectivity index (χ1n) is 8.97. The maximum atomic E-state index is 9.28. The van der Waals surface area contributed by atoms with Crippen LogP contribution in [0, 0.1) is 11.3 Å². The summed E-state index contributed by atoms with van der Waals surface area (Å²) in [7, 11) is 0. The molecule has 0 saturated heterocycles. The second-order valence-electron chi connectivity index (χ2n) is 6.70. The topological polar surface area (TPSA) is 45.0 Å². The molecule has 1 rings (SSSR count). The standard InChI is InChI=1S/C18H34N2O/c1-3-4-5-6-7-9-14-21-15-10-8-13-18(2,16-19)20-17-11-12-17/h17,20H,3-15H2,1-2H3. The summed E-state index contributed by atoms with van der Waals surface area (Å²) in [6.07, 6.45) is 13.4. The molecule has 1 saturated carbocycles. The number of hydrogen-bond donors (Lipinski definition) is 1. The van der Waals surface area contributed by atoms with Crippen molar-refractivity contribution in [2.24, 2.45) is 0 Å². The van der Waals surface area contributed by atoms with Crippen LogP contribution in [0.1, 0.15) is 84.5 Å². The second kappa shape index (κ2) is 11.0. The molecule has 3 heteroatoms. The van der Waals surface area contributed by atoms with Gasteiger partial charge in [0.15, 0.2) is 0 Å². The molecule has 0 aromatic heterocycles. The zero-order valence-corrected chi connectivity index (χ0v) is 14.1. The summed E-state index contributed by atoms with van der Waals surface area (Å²) in [6.45, 7) is 6.03. The third-order valence-corrected chi connectivity index (χ3v) is 4.20. The Kier molecular flexibility index (Phi) is 9.70. The first kappa shape index (κ1) is 18.5. The smallest absolute Gasteiger partial charge is 0.104 e. The Balaban J connectivity index is 1.86. The van der Waals surface area contributed by atoms with E-state index in [1.165, 1.54) is 51.4 Å². The van der Waals surface area contributed by atoms with Crippen molar-refractivity contribution in [2.45, 2.75) is 96.1 Å². The van der Waals surface area contributed by atoms with Gasteiger partial charge in [-0.25, -0.2) is 0 Å². The fourth-order valence-electron chi connectivity index (χ4n) is 2.61. The highest BCUT2D eigenvalue weighted by Gasteiger charge is 2.31. The average Bonchev–Trinajstić information content (AvgIpc) is 3.28. The third kappa shape index (κ3) is 9.87. The summed E-state index contributed by atoms with van der Waals surface area (Å²) >= 11 is 0. The molecule has 0 spiro atoms. The molecular formula is C18H34N2O. The van der Waals surface area contributed by atoms with E-state index >= 15 is 0 Å². The molecule has 0 amide bonds. The van der Waals surface area contributed by atoms with Crippen LogP contribution in [0.5, 0.6) is 0 Å². The summed E-state index contributed by atoms with van der Waals surface area (Å²) in [5.74, 6) is 0. The Bertz CT molecular complexity index is 296. The quantitative estimate of drug-likeness (QED) is 0.477. The molecule has 1 unspecified atom stereocenters. The van der Waals surface area contributed by atoms with Crippen molar-refractivity contribution in [3.05, 3.63) is 0 Å². The van der Waals surface area contributed by atoms with E-state index in [1.54, 1.807) is 0 Å². The van der Waals surface area contributed by atoms with E-state index in [1.807, 2.05) is 6.92 Å². The van der Waals surface area contributed by atoms with Crippen LogP contribution in [0.2, 0.25) is 0 Å². The minimum Gasteiger partial charge on any atom is -0.381 e. The van der Waals surface area contributed by atoms with Gasteiger partial charge < -0.3 is 4.74 Å². The molecule has 21 heavy (non-hydrogen) atoms. The Hall–Kier alpha value is -0.590. The lowest BCUT2D eigenvalue weighted by Crippen LogP contribution is -2.42. The molecule has 0 aromatic carbocycles. The number of hydrogen-bond acceptors (Lipinski definition) is 3. The van der Waals surface area contributed by atoms with Crippen molar-refractivity contribution < 1.29 is 4.74 Å². The predicted octanol–water partition coefficient (Wildman–Crippen LogP) is 4.57. The molecule has 0 heterocycles. The number of nitrogens with zero attached hydrogens (tertiary/aromatic N) is 1.